The van der Waals surface area contributed by atoms with Crippen LogP contribution in [0.3, 0.4) is 0 Å². The van der Waals surface area contributed by atoms with Crippen LogP contribution in [-0.2, 0) is 39.3 Å². The number of azide groups is 3. The molecule has 5 aromatic rings. The van der Waals surface area contributed by atoms with Crippen molar-refractivity contribution in [2.45, 2.75) is 92.1 Å². The van der Waals surface area contributed by atoms with Gasteiger partial charge in [-0.2, -0.15) is 0 Å². The lowest BCUT2D eigenvalue weighted by Gasteiger charge is -2.09. The fraction of sp³-hybridized carbons (Fsp3) is 0.288. The Morgan fingerprint density at radius 2 is 0.892 bits per heavy atom. The topological polar surface area (TPSA) is 336 Å². The first-order chi connectivity index (χ1) is 34.3. The van der Waals surface area contributed by atoms with Gasteiger partial charge < -0.3 is 20.1 Å². The third kappa shape index (κ3) is 27.9. The predicted molar refractivity (Wildman–Crippen MR) is 284 cm³/mol. The van der Waals surface area contributed by atoms with Gasteiger partial charge in [0.05, 0.1) is 26.2 Å². The van der Waals surface area contributed by atoms with Crippen LogP contribution in [0.15, 0.2) is 137 Å². The van der Waals surface area contributed by atoms with Crippen LogP contribution in [0.4, 0.5) is 4.70 Å². The van der Waals surface area contributed by atoms with E-state index in [1.165, 1.54) is 19.1 Å². The monoisotopic (exact) mass is 1090 g/mol. The zero-order valence-electron chi connectivity index (χ0n) is 40.6. The van der Waals surface area contributed by atoms with Crippen LogP contribution in [0.5, 0.6) is 0 Å². The number of ketones is 5. The van der Waals surface area contributed by atoms with Crippen LogP contribution < -0.4 is 0 Å². The lowest BCUT2D eigenvalue weighted by molar-refractivity contribution is -0.152. The molecule has 0 aliphatic carbocycles. The molecule has 0 amide bonds. The molecule has 2 atom stereocenters. The van der Waals surface area contributed by atoms with E-state index in [1.54, 1.807) is 75.4 Å². The Morgan fingerprint density at radius 3 is 1.22 bits per heavy atom. The lowest BCUT2D eigenvalue weighted by atomic mass is 10.0. The zero-order valence-corrected chi connectivity index (χ0v) is 42.2. The number of alkyl halides is 1. The van der Waals surface area contributed by atoms with Gasteiger partial charge in [0.2, 0.25) is 0 Å². The molecule has 394 valence electrons. The Morgan fingerprint density at radius 1 is 0.568 bits per heavy atom. The van der Waals surface area contributed by atoms with Gasteiger partial charge in [-0.3, -0.25) is 28.7 Å². The molecule has 0 aliphatic rings. The Labute approximate surface area is 437 Å². The minimum absolute atomic E-state index is 0. The molecule has 74 heavy (non-hydrogen) atoms. The van der Waals surface area contributed by atoms with E-state index in [-0.39, 0.29) is 74.9 Å². The maximum atomic E-state index is 11.9. The normalized spacial score (nSPS) is 10.1. The molecule has 22 heteroatoms. The summed E-state index contributed by atoms with van der Waals surface area (Å²) in [4.78, 5) is 85.8. The second-order valence-corrected chi connectivity index (χ2v) is 15.6. The molecule has 5 rings (SSSR count). The summed E-state index contributed by atoms with van der Waals surface area (Å²) < 4.78 is 4.62. The van der Waals surface area contributed by atoms with Crippen LogP contribution in [0.1, 0.15) is 129 Å². The Bertz CT molecular complexity index is 2820. The largest absolute Gasteiger partial charge is 0.479 e. The van der Waals surface area contributed by atoms with Crippen molar-refractivity contribution in [2.24, 2.45) is 15.3 Å². The number of carbonyl (C=O) groups is 7. The van der Waals surface area contributed by atoms with Gasteiger partial charge in [-0.1, -0.05) is 135 Å². The number of hydrogen-bond donors (Lipinski definition) is 3. The van der Waals surface area contributed by atoms with Crippen LogP contribution in [-0.4, -0.2) is 75.0 Å². The van der Waals surface area contributed by atoms with Gasteiger partial charge in [-0.15, -0.1) is 0 Å². The molecule has 0 radical (unpaired) electrons. The van der Waals surface area contributed by atoms with Crippen LogP contribution >= 0.6 is 15.9 Å². The van der Waals surface area contributed by atoms with Crippen molar-refractivity contribution in [3.8, 4) is 0 Å². The summed E-state index contributed by atoms with van der Waals surface area (Å²) in [7, 11) is 0. The zero-order chi connectivity index (χ0) is 54.0. The number of rotatable bonds is 19. The van der Waals surface area contributed by atoms with Crippen molar-refractivity contribution in [1.82, 2.24) is 0 Å². The van der Waals surface area contributed by atoms with Crippen molar-refractivity contribution in [3.05, 3.63) is 208 Å². The fourth-order valence-electron chi connectivity index (χ4n) is 5.65. The van der Waals surface area contributed by atoms with E-state index in [4.69, 9.17) is 26.8 Å². The quantitative estimate of drug-likeness (QED) is 0.0174. The van der Waals surface area contributed by atoms with E-state index in [0.29, 0.717) is 22.3 Å². The molecular weight excluding hydrogens is 1030 g/mol. The highest BCUT2D eigenvalue weighted by molar-refractivity contribution is 9.08. The lowest BCUT2D eigenvalue weighted by Crippen LogP contribution is -2.26. The minimum atomic E-state index is -1.71. The number of benzene rings is 5. The molecule has 0 spiro atoms. The van der Waals surface area contributed by atoms with Gasteiger partial charge in [0.25, 0.3) is 0 Å². The average Bonchev–Trinajstić information content (AvgIpc) is 3.37. The van der Waals surface area contributed by atoms with Gasteiger partial charge in [-0.05, 0) is 104 Å². The van der Waals surface area contributed by atoms with E-state index < -0.39 is 36.4 Å². The van der Waals surface area contributed by atoms with E-state index in [9.17, 15) is 38.7 Å². The van der Waals surface area contributed by atoms with E-state index in [0.717, 1.165) is 33.1 Å². The van der Waals surface area contributed by atoms with Crippen molar-refractivity contribution in [1.29, 1.82) is 0 Å². The first-order valence-corrected chi connectivity index (χ1v) is 22.8. The van der Waals surface area contributed by atoms with Gasteiger partial charge in [0, 0.05) is 62.2 Å². The Balaban J connectivity index is -0.000000875. The number of carbonyl (C=O) groups excluding carboxylic acids is 6. The molecule has 5 aromatic carbocycles. The number of nitrogens with zero attached hydrogens (tertiary/aromatic N) is 9. The molecule has 3 N–H and O–H groups in total. The number of Topliss-reactive ketones (excluding diaryl/α,β-unsaturated/α-hetero) is 5. The number of carboxylic acids is 1. The predicted octanol–water partition coefficient (Wildman–Crippen LogP) is 12.2. The molecule has 0 aromatic heterocycles. The average molecular weight is 1090 g/mol. The van der Waals surface area contributed by atoms with Crippen LogP contribution in [0, 0.1) is 6.92 Å². The Kier molecular flexibility index (Phi) is 35.1. The molecule has 0 aliphatic heterocycles. The summed E-state index contributed by atoms with van der Waals surface area (Å²) >= 11 is 3.33. The summed E-state index contributed by atoms with van der Waals surface area (Å²) in [6, 6.07) is 35.1. The molecule has 2 unspecified atom stereocenters. The molecular formula is C52H61BrFN9O11. The number of esters is 1. The molecule has 0 heterocycles. The van der Waals surface area contributed by atoms with Crippen molar-refractivity contribution in [3.63, 3.8) is 0 Å². The summed E-state index contributed by atoms with van der Waals surface area (Å²) in [6.45, 7) is 8.94. The molecule has 0 saturated carbocycles. The second-order valence-electron chi connectivity index (χ2n) is 15.0. The van der Waals surface area contributed by atoms with Gasteiger partial charge >= 0.3 is 11.9 Å². The fourth-order valence-corrected chi connectivity index (χ4v) is 6.00. The Hall–Kier alpha value is -8.35. The summed E-state index contributed by atoms with van der Waals surface area (Å²) in [5.41, 5.74) is 31.8. The third-order valence-electron chi connectivity index (χ3n) is 9.29. The highest BCUT2D eigenvalue weighted by Crippen LogP contribution is 2.14. The van der Waals surface area contributed by atoms with Gasteiger partial charge in [-0.25, -0.2) is 9.59 Å². The maximum absolute atomic E-state index is 11.9. The molecule has 0 saturated heterocycles. The number of ether oxygens (including phenoxy) is 1. The first kappa shape index (κ1) is 67.7. The SMILES string of the molecule is C.CC(=O)c1cccc(C)c1.CC(=O)c1cccc(CBr)c1.CC(=O)c1cccc(CN=[N+]=[N-])c1.CCOC(=O)C(O)CC(=O)c1cccc(CN=[N+]=[N-])c1.F.[2HH].[N-]=[N+]=NCc1cccc(C(=O)CC(O)C(=O)O)c1. The first-order valence-electron chi connectivity index (χ1n) is 21.7. The number of aliphatic hydroxyl groups is 2. The molecule has 20 nitrogen and oxygen atoms in total. The number of halogens is 2. The number of aliphatic carboxylic acids is 1. The van der Waals surface area contributed by atoms with Crippen LogP contribution in [0.25, 0.3) is 31.3 Å². The summed E-state index contributed by atoms with van der Waals surface area (Å²) in [6.07, 6.45) is -4.01. The smallest absolute Gasteiger partial charge is 0.335 e. The van der Waals surface area contributed by atoms with Crippen molar-refractivity contribution >= 4 is 56.8 Å². The minimum Gasteiger partial charge on any atom is -0.479 e. The number of carboxylic acid groups (broad SMARTS) is 1. The molecule has 0 bridgehead atoms. The summed E-state index contributed by atoms with van der Waals surface area (Å²) in [5, 5.41) is 38.1. The second kappa shape index (κ2) is 38.3. The highest BCUT2D eigenvalue weighted by atomic mass is 79.9. The van der Waals surface area contributed by atoms with E-state index in [2.05, 4.69) is 50.7 Å². The number of aliphatic hydroxyl groups excluding tert-OH is 2. The number of aryl methyl sites for hydroxylation is 1. The number of hydrogen-bond acceptors (Lipinski definition) is 13. The van der Waals surface area contributed by atoms with Gasteiger partial charge in [0.15, 0.2) is 41.1 Å². The summed E-state index contributed by atoms with van der Waals surface area (Å²) in [5.74, 6) is -2.85. The highest BCUT2D eigenvalue weighted by Gasteiger charge is 2.21. The van der Waals surface area contributed by atoms with Crippen molar-refractivity contribution in [2.75, 3.05) is 6.61 Å². The third-order valence-corrected chi connectivity index (χ3v) is 9.94. The van der Waals surface area contributed by atoms with E-state index >= 15 is 0 Å². The van der Waals surface area contributed by atoms with Crippen molar-refractivity contribution < 1.29 is 59.7 Å². The van der Waals surface area contributed by atoms with Gasteiger partial charge in [0.1, 0.15) is 0 Å². The van der Waals surface area contributed by atoms with E-state index in [1.807, 2.05) is 61.5 Å². The standard InChI is InChI=1S/C13H15N3O4.C11H11N3O4.C9H9BrO.C9H9N3O.C9H10O.CH4.FH.H2/c1-2-20-13(19)12(18)7-11(17)10-5-3-4-9(6-10)8-15-16-14;12-14-13-6-7-2-1-3-8(4-7)9(15)5-10(16)11(17)18;1-7(11)9-4-2-3-8(5-9)6-10;1-7(13)9-4-2-3-8(5-9)6-11-12-10;1-7-4-3-5-9(6-7)8(2)10;;;/h3-6,12,18H,2,7-8H2,1H3;1-4,10,16H,5-6H2,(H,17,18);2-5H,6H2,1H3;2-5H,6H2,1H3;3-6H,1-2H3;1H4;2*1H/i;;;;;;;1+1. The van der Waals surface area contributed by atoms with Crippen LogP contribution in [0.2, 0.25) is 0 Å². The molecule has 0 fully saturated rings. The maximum Gasteiger partial charge on any atom is 0.335 e.